The van der Waals surface area contributed by atoms with Gasteiger partial charge in [0.25, 0.3) is 0 Å². The van der Waals surface area contributed by atoms with Gasteiger partial charge in [-0.2, -0.15) is 0 Å². The fraction of sp³-hybridized carbons (Fsp3) is 0. The number of hydrogen-bond donors (Lipinski definition) is 1. The number of thiazole rings is 1. The Morgan fingerprint density at radius 3 is 3.10 bits per heavy atom. The van der Waals surface area contributed by atoms with Crippen molar-refractivity contribution in [3.05, 3.63) is 16.0 Å². The van der Waals surface area contributed by atoms with E-state index >= 15 is 0 Å². The SMILES string of the molecule is Nc1nc(/C=N/N=O)cs1. The van der Waals surface area contributed by atoms with Crippen molar-refractivity contribution < 1.29 is 0 Å². The van der Waals surface area contributed by atoms with Crippen LogP contribution in [0.15, 0.2) is 15.8 Å². The lowest BCUT2D eigenvalue weighted by Crippen LogP contribution is -1.83. The Morgan fingerprint density at radius 2 is 2.60 bits per heavy atom. The van der Waals surface area contributed by atoms with Crippen LogP contribution in [0.2, 0.25) is 0 Å². The van der Waals surface area contributed by atoms with Gasteiger partial charge in [0.2, 0.25) is 0 Å². The third kappa shape index (κ3) is 1.59. The molecule has 1 heterocycles. The summed E-state index contributed by atoms with van der Waals surface area (Å²) in [6, 6.07) is 0. The van der Waals surface area contributed by atoms with Crippen molar-refractivity contribution in [2.75, 3.05) is 5.73 Å². The molecule has 0 atom stereocenters. The zero-order chi connectivity index (χ0) is 7.40. The molecule has 6 heteroatoms. The predicted octanol–water partition coefficient (Wildman–Crippen LogP) is 0.826. The molecule has 5 nitrogen and oxygen atoms in total. The molecule has 0 aliphatic carbocycles. The number of hydrogen-bond acceptors (Lipinski definition) is 5. The van der Waals surface area contributed by atoms with Crippen LogP contribution in [0.3, 0.4) is 0 Å². The summed E-state index contributed by atoms with van der Waals surface area (Å²) in [4.78, 5) is 13.3. The Bertz CT molecular complexity index is 256. The van der Waals surface area contributed by atoms with Crippen molar-refractivity contribution in [2.24, 2.45) is 10.4 Å². The highest BCUT2D eigenvalue weighted by atomic mass is 32.1. The third-order valence-electron chi connectivity index (χ3n) is 0.777. The number of nitroso groups, excluding NO2 is 1. The highest BCUT2D eigenvalue weighted by Gasteiger charge is 1.92. The second kappa shape index (κ2) is 3.02. The Labute approximate surface area is 60.6 Å². The van der Waals surface area contributed by atoms with E-state index < -0.39 is 0 Å². The van der Waals surface area contributed by atoms with E-state index in [4.69, 9.17) is 5.73 Å². The molecule has 0 aliphatic rings. The van der Waals surface area contributed by atoms with Crippen LogP contribution in [0, 0.1) is 4.91 Å². The average molecular weight is 156 g/mol. The minimum atomic E-state index is 0.451. The second-order valence-corrected chi connectivity index (χ2v) is 2.33. The number of aromatic nitrogens is 1. The van der Waals surface area contributed by atoms with E-state index in [1.54, 1.807) is 5.38 Å². The van der Waals surface area contributed by atoms with Crippen LogP contribution in [0.1, 0.15) is 5.69 Å². The van der Waals surface area contributed by atoms with E-state index in [2.05, 4.69) is 15.4 Å². The Hall–Kier alpha value is -1.30. The number of rotatable bonds is 2. The van der Waals surface area contributed by atoms with Gasteiger partial charge in [-0.25, -0.2) is 4.98 Å². The van der Waals surface area contributed by atoms with Crippen LogP contribution in [0.25, 0.3) is 0 Å². The average Bonchev–Trinajstić information content (AvgIpc) is 2.31. The Kier molecular flexibility index (Phi) is 2.06. The first kappa shape index (κ1) is 6.81. The maximum absolute atomic E-state index is 9.48. The number of nitrogen functional groups attached to an aromatic ring is 1. The number of nitrogens with zero attached hydrogens (tertiary/aromatic N) is 3. The summed E-state index contributed by atoms with van der Waals surface area (Å²) < 4.78 is 0. The standard InChI is InChI=1S/C4H4N4OS/c5-4-7-3(2-10-4)1-6-8-9/h1-2H,(H2,5,7)/b6-1+. The van der Waals surface area contributed by atoms with Gasteiger partial charge in [-0.05, 0) is 0 Å². The molecular weight excluding hydrogens is 152 g/mol. The van der Waals surface area contributed by atoms with E-state index in [0.29, 0.717) is 10.8 Å². The molecule has 0 radical (unpaired) electrons. The van der Waals surface area contributed by atoms with Crippen molar-refractivity contribution in [3.8, 4) is 0 Å². The van der Waals surface area contributed by atoms with E-state index in [0.717, 1.165) is 0 Å². The molecule has 0 fully saturated rings. The minimum absolute atomic E-state index is 0.451. The van der Waals surface area contributed by atoms with Crippen LogP contribution in [-0.4, -0.2) is 11.2 Å². The summed E-state index contributed by atoms with van der Waals surface area (Å²) in [5.74, 6) is 0. The van der Waals surface area contributed by atoms with E-state index in [9.17, 15) is 4.91 Å². The van der Waals surface area contributed by atoms with Gasteiger partial charge in [-0.1, -0.05) is 0 Å². The summed E-state index contributed by atoms with van der Waals surface area (Å²) >= 11 is 1.29. The van der Waals surface area contributed by atoms with Crippen molar-refractivity contribution in [1.29, 1.82) is 0 Å². The smallest absolute Gasteiger partial charge is 0.180 e. The van der Waals surface area contributed by atoms with Gasteiger partial charge in [-0.15, -0.1) is 21.3 Å². The lowest BCUT2D eigenvalue weighted by Gasteiger charge is -1.75. The van der Waals surface area contributed by atoms with E-state index in [-0.39, 0.29) is 0 Å². The molecule has 10 heavy (non-hydrogen) atoms. The Balaban J connectivity index is 2.75. The summed E-state index contributed by atoms with van der Waals surface area (Å²) in [5.41, 5.74) is 5.84. The maximum atomic E-state index is 9.48. The number of nitrogens with two attached hydrogens (primary N) is 1. The minimum Gasteiger partial charge on any atom is -0.375 e. The van der Waals surface area contributed by atoms with Crippen molar-refractivity contribution in [1.82, 2.24) is 4.98 Å². The van der Waals surface area contributed by atoms with Gasteiger partial charge in [0.05, 0.1) is 17.2 Å². The molecule has 2 N–H and O–H groups in total. The Morgan fingerprint density at radius 1 is 1.80 bits per heavy atom. The first-order valence-corrected chi connectivity index (χ1v) is 3.27. The summed E-state index contributed by atoms with van der Waals surface area (Å²) in [5, 5.41) is 7.51. The topological polar surface area (TPSA) is 80.7 Å². The molecule has 1 rings (SSSR count). The van der Waals surface area contributed by atoms with Crippen LogP contribution >= 0.6 is 11.3 Å². The maximum Gasteiger partial charge on any atom is 0.180 e. The molecule has 1 aromatic rings. The molecule has 0 spiro atoms. The van der Waals surface area contributed by atoms with Gasteiger partial charge >= 0.3 is 0 Å². The van der Waals surface area contributed by atoms with Crippen molar-refractivity contribution in [3.63, 3.8) is 0 Å². The van der Waals surface area contributed by atoms with Crippen molar-refractivity contribution in [2.45, 2.75) is 0 Å². The highest BCUT2D eigenvalue weighted by molar-refractivity contribution is 7.13. The van der Waals surface area contributed by atoms with Gasteiger partial charge in [-0.3, -0.25) is 0 Å². The third-order valence-corrected chi connectivity index (χ3v) is 1.47. The molecule has 0 saturated heterocycles. The predicted molar refractivity (Wildman–Crippen MR) is 39.9 cm³/mol. The first-order chi connectivity index (χ1) is 4.83. The molecule has 0 amide bonds. The zero-order valence-corrected chi connectivity index (χ0v) is 5.71. The molecule has 52 valence electrons. The molecule has 0 aliphatic heterocycles. The monoisotopic (exact) mass is 156 g/mol. The summed E-state index contributed by atoms with van der Waals surface area (Å²) in [7, 11) is 0. The van der Waals surface area contributed by atoms with E-state index in [1.165, 1.54) is 17.6 Å². The molecule has 0 aromatic carbocycles. The normalized spacial score (nSPS) is 10.4. The fourth-order valence-electron chi connectivity index (χ4n) is 0.443. The van der Waals surface area contributed by atoms with Gasteiger partial charge < -0.3 is 5.73 Å². The van der Waals surface area contributed by atoms with Crippen LogP contribution in [-0.2, 0) is 0 Å². The van der Waals surface area contributed by atoms with Crippen LogP contribution in [0.4, 0.5) is 5.13 Å². The quantitative estimate of drug-likeness (QED) is 0.391. The molecule has 0 bridgehead atoms. The van der Waals surface area contributed by atoms with Gasteiger partial charge in [0, 0.05) is 5.38 Å². The number of anilines is 1. The molecular formula is C4H4N4OS. The molecule has 1 aromatic heterocycles. The lowest BCUT2D eigenvalue weighted by molar-refractivity contribution is 1.22. The molecule has 0 saturated carbocycles. The van der Waals surface area contributed by atoms with Crippen LogP contribution < -0.4 is 5.73 Å². The second-order valence-electron chi connectivity index (χ2n) is 1.44. The van der Waals surface area contributed by atoms with Gasteiger partial charge in [0.1, 0.15) is 0 Å². The summed E-state index contributed by atoms with van der Waals surface area (Å²) in [6.07, 6.45) is 1.25. The zero-order valence-electron chi connectivity index (χ0n) is 4.89. The first-order valence-electron chi connectivity index (χ1n) is 2.39. The fourth-order valence-corrected chi connectivity index (χ4v) is 0.956. The highest BCUT2D eigenvalue weighted by Crippen LogP contribution is 2.08. The van der Waals surface area contributed by atoms with Crippen LogP contribution in [0.5, 0.6) is 0 Å². The lowest BCUT2D eigenvalue weighted by atomic mass is 10.6. The molecule has 0 unspecified atom stereocenters. The largest absolute Gasteiger partial charge is 0.375 e. The van der Waals surface area contributed by atoms with E-state index in [1.807, 2.05) is 0 Å². The van der Waals surface area contributed by atoms with Gasteiger partial charge in [0.15, 0.2) is 5.13 Å². The summed E-state index contributed by atoms with van der Waals surface area (Å²) in [6.45, 7) is 0. The van der Waals surface area contributed by atoms with Crippen molar-refractivity contribution >= 4 is 22.7 Å².